The summed E-state index contributed by atoms with van der Waals surface area (Å²) in [5.41, 5.74) is 6.36. The van der Waals surface area contributed by atoms with Gasteiger partial charge in [0.1, 0.15) is 5.01 Å². The molecule has 2 N–H and O–H groups in total. The van der Waals surface area contributed by atoms with Gasteiger partial charge in [0.15, 0.2) is 0 Å². The Hall–Kier alpha value is -1.68. The van der Waals surface area contributed by atoms with Crippen molar-refractivity contribution in [2.45, 2.75) is 12.8 Å². The first-order chi connectivity index (χ1) is 7.74. The summed E-state index contributed by atoms with van der Waals surface area (Å²) in [6.45, 7) is 0. The zero-order valence-electron chi connectivity index (χ0n) is 8.72. The Bertz CT molecular complexity index is 479. The van der Waals surface area contributed by atoms with Crippen LogP contribution in [0.1, 0.15) is 15.4 Å². The summed E-state index contributed by atoms with van der Waals surface area (Å²) in [7, 11) is 0. The maximum Gasteiger partial charge on any atom is 0.224 e. The van der Waals surface area contributed by atoms with Gasteiger partial charge in [-0.3, -0.25) is 4.79 Å². The third-order valence-electron chi connectivity index (χ3n) is 2.15. The monoisotopic (exact) mass is 232 g/mol. The van der Waals surface area contributed by atoms with Gasteiger partial charge in [0.25, 0.3) is 0 Å². The number of carbonyl (C=O) groups excluding carboxylic acids is 1. The van der Waals surface area contributed by atoms with E-state index in [4.69, 9.17) is 5.73 Å². The quantitative estimate of drug-likeness (QED) is 0.873. The first-order valence-corrected chi connectivity index (χ1v) is 5.81. The van der Waals surface area contributed by atoms with E-state index in [1.54, 1.807) is 11.3 Å². The van der Waals surface area contributed by atoms with E-state index < -0.39 is 0 Å². The van der Waals surface area contributed by atoms with Crippen LogP contribution in [0.3, 0.4) is 0 Å². The van der Waals surface area contributed by atoms with E-state index in [9.17, 15) is 4.79 Å². The third-order valence-corrected chi connectivity index (χ3v) is 3.15. The Labute approximate surface area is 97.9 Å². The van der Waals surface area contributed by atoms with Crippen LogP contribution in [-0.2, 0) is 17.6 Å². The van der Waals surface area contributed by atoms with Crippen LogP contribution < -0.4 is 5.73 Å². The van der Waals surface area contributed by atoms with Crippen molar-refractivity contribution in [3.05, 3.63) is 52.0 Å². The van der Waals surface area contributed by atoms with Gasteiger partial charge >= 0.3 is 0 Å². The number of nitrogens with zero attached hydrogens (tertiary/aromatic N) is 1. The lowest BCUT2D eigenvalue weighted by Gasteiger charge is -1.96. The third kappa shape index (κ3) is 2.90. The molecule has 0 unspecified atom stereocenters. The molecule has 16 heavy (non-hydrogen) atoms. The molecule has 1 aromatic heterocycles. The zero-order valence-corrected chi connectivity index (χ0v) is 9.54. The maximum atomic E-state index is 10.7. The van der Waals surface area contributed by atoms with E-state index in [0.717, 1.165) is 16.3 Å². The Kier molecular flexibility index (Phi) is 3.31. The SMILES string of the molecule is NC(=O)Cc1ncc(Cc2ccccc2)s1. The topological polar surface area (TPSA) is 56.0 Å². The Morgan fingerprint density at radius 2 is 2.06 bits per heavy atom. The van der Waals surface area contributed by atoms with Gasteiger partial charge in [-0.25, -0.2) is 4.98 Å². The molecule has 1 amide bonds. The van der Waals surface area contributed by atoms with Crippen LogP contribution >= 0.6 is 11.3 Å². The van der Waals surface area contributed by atoms with Crippen LogP contribution in [0.25, 0.3) is 0 Å². The zero-order chi connectivity index (χ0) is 11.4. The lowest BCUT2D eigenvalue weighted by molar-refractivity contribution is -0.117. The molecule has 1 heterocycles. The van der Waals surface area contributed by atoms with Crippen molar-refractivity contribution in [2.75, 3.05) is 0 Å². The van der Waals surface area contributed by atoms with Crippen molar-refractivity contribution in [3.8, 4) is 0 Å². The van der Waals surface area contributed by atoms with Crippen LogP contribution in [-0.4, -0.2) is 10.9 Å². The summed E-state index contributed by atoms with van der Waals surface area (Å²) in [5, 5.41) is 0.790. The summed E-state index contributed by atoms with van der Waals surface area (Å²) in [6.07, 6.45) is 2.91. The lowest BCUT2D eigenvalue weighted by atomic mass is 10.1. The summed E-state index contributed by atoms with van der Waals surface area (Å²) >= 11 is 1.54. The molecule has 0 radical (unpaired) electrons. The van der Waals surface area contributed by atoms with Crippen molar-refractivity contribution in [1.82, 2.24) is 4.98 Å². The second kappa shape index (κ2) is 4.90. The number of primary amides is 1. The number of nitrogens with two attached hydrogens (primary N) is 1. The van der Waals surface area contributed by atoms with E-state index >= 15 is 0 Å². The minimum Gasteiger partial charge on any atom is -0.369 e. The fraction of sp³-hybridized carbons (Fsp3) is 0.167. The van der Waals surface area contributed by atoms with Gasteiger partial charge in [-0.15, -0.1) is 11.3 Å². The molecule has 1 aromatic carbocycles. The highest BCUT2D eigenvalue weighted by Crippen LogP contribution is 2.17. The minimum atomic E-state index is -0.333. The number of rotatable bonds is 4. The van der Waals surface area contributed by atoms with Crippen molar-refractivity contribution in [1.29, 1.82) is 0 Å². The number of carbonyl (C=O) groups is 1. The normalized spacial score (nSPS) is 10.2. The Balaban J connectivity index is 2.06. The molecule has 0 aliphatic heterocycles. The number of thiazole rings is 1. The molecule has 3 nitrogen and oxygen atoms in total. The Morgan fingerprint density at radius 3 is 2.75 bits per heavy atom. The van der Waals surface area contributed by atoms with Gasteiger partial charge in [-0.05, 0) is 5.56 Å². The largest absolute Gasteiger partial charge is 0.369 e. The molecule has 0 fully saturated rings. The smallest absolute Gasteiger partial charge is 0.224 e. The van der Waals surface area contributed by atoms with Gasteiger partial charge < -0.3 is 5.73 Å². The average Bonchev–Trinajstić information content (AvgIpc) is 2.66. The molecule has 2 aromatic rings. The van der Waals surface area contributed by atoms with E-state index in [2.05, 4.69) is 17.1 Å². The van der Waals surface area contributed by atoms with Crippen LogP contribution in [0.15, 0.2) is 36.5 Å². The molecular weight excluding hydrogens is 220 g/mol. The van der Waals surface area contributed by atoms with Crippen molar-refractivity contribution in [2.24, 2.45) is 5.73 Å². The number of hydrogen-bond donors (Lipinski definition) is 1. The summed E-state index contributed by atoms with van der Waals surface area (Å²) in [4.78, 5) is 16.1. The molecule has 82 valence electrons. The van der Waals surface area contributed by atoms with Crippen molar-refractivity contribution in [3.63, 3.8) is 0 Å². The molecule has 0 aliphatic rings. The lowest BCUT2D eigenvalue weighted by Crippen LogP contribution is -2.13. The van der Waals surface area contributed by atoms with Crippen LogP contribution in [0.2, 0.25) is 0 Å². The van der Waals surface area contributed by atoms with Crippen molar-refractivity contribution < 1.29 is 4.79 Å². The molecule has 0 saturated carbocycles. The minimum absolute atomic E-state index is 0.236. The van der Waals surface area contributed by atoms with E-state index in [1.165, 1.54) is 5.56 Å². The molecule has 0 spiro atoms. The fourth-order valence-electron chi connectivity index (χ4n) is 1.46. The molecular formula is C12H12N2OS. The van der Waals surface area contributed by atoms with Crippen molar-refractivity contribution >= 4 is 17.2 Å². The highest BCUT2D eigenvalue weighted by atomic mass is 32.1. The van der Waals surface area contributed by atoms with E-state index in [-0.39, 0.29) is 12.3 Å². The second-order valence-electron chi connectivity index (χ2n) is 3.53. The fourth-order valence-corrected chi connectivity index (χ4v) is 2.42. The van der Waals surface area contributed by atoms with Crippen LogP contribution in [0.5, 0.6) is 0 Å². The highest BCUT2D eigenvalue weighted by molar-refractivity contribution is 7.11. The Morgan fingerprint density at radius 1 is 1.31 bits per heavy atom. The summed E-state index contributed by atoms with van der Waals surface area (Å²) in [6, 6.07) is 10.2. The predicted molar refractivity (Wildman–Crippen MR) is 64.3 cm³/mol. The molecule has 0 bridgehead atoms. The maximum absolute atomic E-state index is 10.7. The first kappa shape index (κ1) is 10.8. The second-order valence-corrected chi connectivity index (χ2v) is 4.73. The number of benzene rings is 1. The first-order valence-electron chi connectivity index (χ1n) is 5.00. The highest BCUT2D eigenvalue weighted by Gasteiger charge is 2.05. The van der Waals surface area contributed by atoms with Gasteiger partial charge in [-0.2, -0.15) is 0 Å². The average molecular weight is 232 g/mol. The van der Waals surface area contributed by atoms with Gasteiger partial charge in [0, 0.05) is 17.5 Å². The van der Waals surface area contributed by atoms with Crippen LogP contribution in [0.4, 0.5) is 0 Å². The predicted octanol–water partition coefficient (Wildman–Crippen LogP) is 1.76. The standard InChI is InChI=1S/C12H12N2OS/c13-11(15)7-12-14-8-10(16-12)6-9-4-2-1-3-5-9/h1-5,8H,6-7H2,(H2,13,15). The number of hydrogen-bond acceptors (Lipinski definition) is 3. The summed E-state index contributed by atoms with van der Waals surface area (Å²) < 4.78 is 0. The molecule has 0 atom stereocenters. The van der Waals surface area contributed by atoms with Crippen LogP contribution in [0, 0.1) is 0 Å². The molecule has 2 rings (SSSR count). The molecule has 4 heteroatoms. The van der Waals surface area contributed by atoms with E-state index in [1.807, 2.05) is 24.4 Å². The summed E-state index contributed by atoms with van der Waals surface area (Å²) in [5.74, 6) is -0.333. The molecule has 0 saturated heterocycles. The van der Waals surface area contributed by atoms with Gasteiger partial charge in [0.05, 0.1) is 6.42 Å². The molecule has 0 aliphatic carbocycles. The number of aromatic nitrogens is 1. The van der Waals surface area contributed by atoms with Gasteiger partial charge in [-0.1, -0.05) is 30.3 Å². The van der Waals surface area contributed by atoms with E-state index in [0.29, 0.717) is 0 Å². The van der Waals surface area contributed by atoms with Gasteiger partial charge in [0.2, 0.25) is 5.91 Å². The number of amides is 1.